The molecular formula is C34H33N3O5. The van der Waals surface area contributed by atoms with Crippen molar-refractivity contribution in [3.8, 4) is 39.3 Å². The van der Waals surface area contributed by atoms with Crippen molar-refractivity contribution < 1.29 is 18.7 Å². The number of aromatic amines is 1. The predicted octanol–water partition coefficient (Wildman–Crippen LogP) is 7.43. The van der Waals surface area contributed by atoms with Gasteiger partial charge in [-0.3, -0.25) is 9.89 Å². The summed E-state index contributed by atoms with van der Waals surface area (Å²) in [7, 11) is 1.59. The lowest BCUT2D eigenvalue weighted by atomic mass is 9.71. The highest BCUT2D eigenvalue weighted by Crippen LogP contribution is 2.43. The van der Waals surface area contributed by atoms with Gasteiger partial charge in [0.25, 0.3) is 0 Å². The first-order valence-corrected chi connectivity index (χ1v) is 14.0. The third-order valence-electron chi connectivity index (χ3n) is 7.74. The number of alkyl carbamates (subject to hydrolysis) is 1. The quantitative estimate of drug-likeness (QED) is 0.223. The monoisotopic (exact) mass is 563 g/mol. The molecule has 6 rings (SSSR count). The number of rotatable bonds is 6. The second kappa shape index (κ2) is 10.5. The van der Waals surface area contributed by atoms with E-state index in [0.717, 1.165) is 41.5 Å². The Kier molecular flexibility index (Phi) is 6.85. The van der Waals surface area contributed by atoms with Crippen LogP contribution >= 0.6 is 0 Å². The van der Waals surface area contributed by atoms with Gasteiger partial charge in [-0.2, -0.15) is 5.10 Å². The van der Waals surface area contributed by atoms with Crippen LogP contribution in [-0.2, 0) is 10.3 Å². The molecule has 8 nitrogen and oxygen atoms in total. The Labute approximate surface area is 243 Å². The van der Waals surface area contributed by atoms with Crippen LogP contribution in [0, 0.1) is 0 Å². The number of hydrogen-bond acceptors (Lipinski definition) is 6. The fourth-order valence-corrected chi connectivity index (χ4v) is 5.60. The lowest BCUT2D eigenvalue weighted by Crippen LogP contribution is -2.52. The lowest BCUT2D eigenvalue weighted by molar-refractivity contribution is 0.0377. The van der Waals surface area contributed by atoms with Gasteiger partial charge in [-0.25, -0.2) is 4.79 Å². The maximum atomic E-state index is 14.3. The zero-order valence-corrected chi connectivity index (χ0v) is 24.1. The van der Waals surface area contributed by atoms with Crippen LogP contribution in [0.1, 0.15) is 45.6 Å². The first-order chi connectivity index (χ1) is 20.2. The number of hydrogen-bond donors (Lipinski definition) is 2. The van der Waals surface area contributed by atoms with Crippen molar-refractivity contribution in [2.24, 2.45) is 0 Å². The van der Waals surface area contributed by atoms with Crippen molar-refractivity contribution in [2.45, 2.75) is 51.2 Å². The van der Waals surface area contributed by atoms with E-state index in [1.807, 2.05) is 75.4 Å². The molecule has 0 radical (unpaired) electrons. The standard InChI is InChI=1S/C34H33N3O5/c1-33(2,3)42-32(39)37-34(17-8-18-34)24-13-11-21(12-14-24)28-29(38)25-15-16-26(40-4)27(23-19-35-36-20-23)31(25)41-30(28)22-9-6-5-7-10-22/h5-7,9-16,19-20H,8,17-18H2,1-4H3,(H,35,36)(H,37,39). The summed E-state index contributed by atoms with van der Waals surface area (Å²) >= 11 is 0. The molecule has 5 aromatic rings. The molecule has 8 heteroatoms. The average molecular weight is 564 g/mol. The van der Waals surface area contributed by atoms with Gasteiger partial charge in [-0.1, -0.05) is 54.6 Å². The Morgan fingerprint density at radius 3 is 2.29 bits per heavy atom. The average Bonchev–Trinajstić information content (AvgIpc) is 3.49. The van der Waals surface area contributed by atoms with Crippen molar-refractivity contribution in [1.29, 1.82) is 0 Å². The number of H-pyrrole nitrogens is 1. The summed E-state index contributed by atoms with van der Waals surface area (Å²) in [6.45, 7) is 5.55. The molecule has 0 atom stereocenters. The van der Waals surface area contributed by atoms with Gasteiger partial charge in [-0.15, -0.1) is 0 Å². The first-order valence-electron chi connectivity index (χ1n) is 14.0. The Morgan fingerprint density at radius 2 is 1.69 bits per heavy atom. The van der Waals surface area contributed by atoms with Crippen LogP contribution < -0.4 is 15.5 Å². The summed E-state index contributed by atoms with van der Waals surface area (Å²) in [5, 5.41) is 10.5. The largest absolute Gasteiger partial charge is 0.496 e. The molecule has 1 saturated carbocycles. The number of nitrogens with one attached hydrogen (secondary N) is 2. The Morgan fingerprint density at radius 1 is 0.952 bits per heavy atom. The Hall–Kier alpha value is -4.85. The van der Waals surface area contributed by atoms with Crippen molar-refractivity contribution in [2.75, 3.05) is 7.11 Å². The molecule has 1 aliphatic rings. The molecule has 0 bridgehead atoms. The van der Waals surface area contributed by atoms with E-state index in [0.29, 0.717) is 33.6 Å². The smallest absolute Gasteiger partial charge is 0.408 e. The molecule has 2 N–H and O–H groups in total. The molecule has 0 unspecified atom stereocenters. The van der Waals surface area contributed by atoms with Gasteiger partial charge in [0, 0.05) is 17.3 Å². The van der Waals surface area contributed by atoms with E-state index in [1.54, 1.807) is 31.6 Å². The third kappa shape index (κ3) is 4.93. The summed E-state index contributed by atoms with van der Waals surface area (Å²) in [5.74, 6) is 1.04. The molecule has 0 aliphatic heterocycles. The normalized spacial score (nSPS) is 14.3. The third-order valence-corrected chi connectivity index (χ3v) is 7.74. The number of aromatic nitrogens is 2. The molecule has 2 aromatic heterocycles. The summed E-state index contributed by atoms with van der Waals surface area (Å²) in [5.41, 5.74) is 3.54. The number of carbonyl (C=O) groups is 1. The minimum Gasteiger partial charge on any atom is -0.496 e. The number of methoxy groups -OCH3 is 1. The van der Waals surface area contributed by atoms with Crippen LogP contribution in [0.25, 0.3) is 44.5 Å². The lowest BCUT2D eigenvalue weighted by Gasteiger charge is -2.43. The number of fused-ring (bicyclic) bond motifs is 1. The van der Waals surface area contributed by atoms with Crippen LogP contribution in [0.3, 0.4) is 0 Å². The van der Waals surface area contributed by atoms with Crippen molar-refractivity contribution in [3.05, 3.63) is 94.9 Å². The number of carbonyl (C=O) groups excluding carboxylic acids is 1. The molecule has 214 valence electrons. The van der Waals surface area contributed by atoms with Crippen LogP contribution in [0.5, 0.6) is 5.75 Å². The SMILES string of the molecule is COc1ccc2c(=O)c(-c3ccc(C4(NC(=O)OC(C)(C)C)CCC4)cc3)c(-c3ccccc3)oc2c1-c1cn[nH]c1. The minimum atomic E-state index is -0.585. The molecule has 1 amide bonds. The number of nitrogens with zero attached hydrogens (tertiary/aromatic N) is 1. The highest BCUT2D eigenvalue weighted by Gasteiger charge is 2.41. The summed E-state index contributed by atoms with van der Waals surface area (Å²) in [4.78, 5) is 26.9. The Balaban J connectivity index is 1.49. The highest BCUT2D eigenvalue weighted by atomic mass is 16.6. The van der Waals surface area contributed by atoms with E-state index in [9.17, 15) is 9.59 Å². The molecule has 3 aromatic carbocycles. The van der Waals surface area contributed by atoms with Crippen LogP contribution in [0.15, 0.2) is 88.3 Å². The molecule has 1 aliphatic carbocycles. The van der Waals surface area contributed by atoms with Crippen molar-refractivity contribution in [1.82, 2.24) is 15.5 Å². The minimum absolute atomic E-state index is 0.152. The van der Waals surface area contributed by atoms with E-state index in [-0.39, 0.29) is 5.43 Å². The fraction of sp³-hybridized carbons (Fsp3) is 0.265. The summed E-state index contributed by atoms with van der Waals surface area (Å²) in [6.07, 6.45) is 5.62. The summed E-state index contributed by atoms with van der Waals surface area (Å²) < 4.78 is 17.8. The maximum absolute atomic E-state index is 14.3. The van der Waals surface area contributed by atoms with Crippen molar-refractivity contribution >= 4 is 17.1 Å². The zero-order chi connectivity index (χ0) is 29.5. The van der Waals surface area contributed by atoms with Gasteiger partial charge in [0.05, 0.1) is 35.4 Å². The number of amides is 1. The zero-order valence-electron chi connectivity index (χ0n) is 24.1. The van der Waals surface area contributed by atoms with Crippen LogP contribution in [-0.4, -0.2) is 29.0 Å². The van der Waals surface area contributed by atoms with E-state index in [4.69, 9.17) is 13.9 Å². The molecule has 0 spiro atoms. The molecule has 1 fully saturated rings. The topological polar surface area (TPSA) is 106 Å². The fourth-order valence-electron chi connectivity index (χ4n) is 5.60. The van der Waals surface area contributed by atoms with Crippen molar-refractivity contribution in [3.63, 3.8) is 0 Å². The van der Waals surface area contributed by atoms with E-state index >= 15 is 0 Å². The predicted molar refractivity (Wildman–Crippen MR) is 162 cm³/mol. The van der Waals surface area contributed by atoms with Gasteiger partial charge >= 0.3 is 6.09 Å². The second-order valence-corrected chi connectivity index (χ2v) is 11.6. The van der Waals surface area contributed by atoms with Gasteiger partial charge in [0.15, 0.2) is 0 Å². The van der Waals surface area contributed by atoms with Gasteiger partial charge in [-0.05, 0) is 63.3 Å². The molecule has 42 heavy (non-hydrogen) atoms. The van der Waals surface area contributed by atoms with Gasteiger partial charge in [0.2, 0.25) is 5.43 Å². The number of ether oxygens (including phenoxy) is 2. The van der Waals surface area contributed by atoms with E-state index < -0.39 is 17.2 Å². The van der Waals surface area contributed by atoms with Crippen LogP contribution in [0.4, 0.5) is 4.79 Å². The maximum Gasteiger partial charge on any atom is 0.408 e. The van der Waals surface area contributed by atoms with Gasteiger partial charge in [0.1, 0.15) is 22.7 Å². The second-order valence-electron chi connectivity index (χ2n) is 11.6. The van der Waals surface area contributed by atoms with Crippen LogP contribution in [0.2, 0.25) is 0 Å². The molecule has 0 saturated heterocycles. The molecular weight excluding hydrogens is 530 g/mol. The first kappa shape index (κ1) is 27.3. The summed E-state index contributed by atoms with van der Waals surface area (Å²) in [6, 6.07) is 20.9. The van der Waals surface area contributed by atoms with E-state index in [1.165, 1.54) is 0 Å². The molecule has 2 heterocycles. The van der Waals surface area contributed by atoms with E-state index in [2.05, 4.69) is 15.5 Å². The number of benzene rings is 3. The highest BCUT2D eigenvalue weighted by molar-refractivity contribution is 5.99. The van der Waals surface area contributed by atoms with Gasteiger partial charge < -0.3 is 19.2 Å². The Bertz CT molecular complexity index is 1800.